The van der Waals surface area contributed by atoms with Gasteiger partial charge in [0.1, 0.15) is 0 Å². The third-order valence-corrected chi connectivity index (χ3v) is 5.61. The van der Waals surface area contributed by atoms with Crippen molar-refractivity contribution >= 4 is 34.2 Å². The highest BCUT2D eigenvalue weighted by Crippen LogP contribution is 2.28. The van der Waals surface area contributed by atoms with Gasteiger partial charge < -0.3 is 10.2 Å². The molecule has 8 heteroatoms. The fourth-order valence-corrected chi connectivity index (χ4v) is 4.32. The SMILES string of the molecule is CN1CCc2nc(NC(=O)CCN3C(=O)c4ccccc4C3=O)sc2C1. The van der Waals surface area contributed by atoms with Crippen molar-refractivity contribution in [1.29, 1.82) is 0 Å². The molecule has 134 valence electrons. The predicted molar refractivity (Wildman–Crippen MR) is 97.2 cm³/mol. The lowest BCUT2D eigenvalue weighted by Crippen LogP contribution is -2.32. The number of hydrogen-bond acceptors (Lipinski definition) is 6. The second-order valence-electron chi connectivity index (χ2n) is 6.48. The molecule has 0 bridgehead atoms. The van der Waals surface area contributed by atoms with Crippen LogP contribution in [0.25, 0.3) is 0 Å². The normalized spacial score (nSPS) is 16.6. The van der Waals surface area contributed by atoms with Crippen molar-refractivity contribution < 1.29 is 14.4 Å². The molecule has 2 aromatic rings. The quantitative estimate of drug-likeness (QED) is 0.829. The van der Waals surface area contributed by atoms with E-state index in [0.29, 0.717) is 16.3 Å². The van der Waals surface area contributed by atoms with Gasteiger partial charge in [-0.3, -0.25) is 19.3 Å². The van der Waals surface area contributed by atoms with Gasteiger partial charge in [-0.15, -0.1) is 11.3 Å². The van der Waals surface area contributed by atoms with E-state index < -0.39 is 0 Å². The summed E-state index contributed by atoms with van der Waals surface area (Å²) in [5.74, 6) is -0.932. The first kappa shape index (κ1) is 16.9. The first-order valence-electron chi connectivity index (χ1n) is 8.45. The molecule has 0 aliphatic carbocycles. The van der Waals surface area contributed by atoms with Gasteiger partial charge in [-0.2, -0.15) is 0 Å². The predicted octanol–water partition coefficient (Wildman–Crippen LogP) is 1.76. The van der Waals surface area contributed by atoms with E-state index in [1.807, 2.05) is 0 Å². The Bertz CT molecular complexity index is 873. The van der Waals surface area contributed by atoms with Gasteiger partial charge in [0.05, 0.1) is 16.8 Å². The number of benzene rings is 1. The van der Waals surface area contributed by atoms with E-state index in [4.69, 9.17) is 0 Å². The number of fused-ring (bicyclic) bond motifs is 2. The van der Waals surface area contributed by atoms with Crippen molar-refractivity contribution in [3.63, 3.8) is 0 Å². The molecule has 0 radical (unpaired) electrons. The molecule has 0 atom stereocenters. The summed E-state index contributed by atoms with van der Waals surface area (Å²) < 4.78 is 0. The van der Waals surface area contributed by atoms with E-state index >= 15 is 0 Å². The Morgan fingerprint density at radius 2 is 1.92 bits per heavy atom. The molecule has 0 saturated carbocycles. The third-order valence-electron chi connectivity index (χ3n) is 4.61. The van der Waals surface area contributed by atoms with Crippen LogP contribution in [0.4, 0.5) is 5.13 Å². The van der Waals surface area contributed by atoms with Gasteiger partial charge in [0.15, 0.2) is 5.13 Å². The number of imide groups is 1. The smallest absolute Gasteiger partial charge is 0.261 e. The summed E-state index contributed by atoms with van der Waals surface area (Å²) in [6.07, 6.45) is 0.933. The summed E-state index contributed by atoms with van der Waals surface area (Å²) in [5, 5.41) is 3.37. The first-order chi connectivity index (χ1) is 12.5. The molecule has 1 aromatic heterocycles. The molecular formula is C18H18N4O3S. The highest BCUT2D eigenvalue weighted by atomic mass is 32.1. The van der Waals surface area contributed by atoms with Crippen molar-refractivity contribution in [3.8, 4) is 0 Å². The molecule has 4 rings (SSSR count). The fourth-order valence-electron chi connectivity index (χ4n) is 3.21. The van der Waals surface area contributed by atoms with Crippen LogP contribution in [0.5, 0.6) is 0 Å². The van der Waals surface area contributed by atoms with Crippen molar-refractivity contribution in [2.45, 2.75) is 19.4 Å². The van der Waals surface area contributed by atoms with Crippen molar-refractivity contribution in [2.24, 2.45) is 0 Å². The molecular weight excluding hydrogens is 352 g/mol. The van der Waals surface area contributed by atoms with Crippen LogP contribution < -0.4 is 5.32 Å². The van der Waals surface area contributed by atoms with Crippen LogP contribution in [0.1, 0.15) is 37.7 Å². The van der Waals surface area contributed by atoms with E-state index in [1.165, 1.54) is 16.2 Å². The maximum atomic E-state index is 12.3. The van der Waals surface area contributed by atoms with E-state index in [1.54, 1.807) is 24.3 Å². The maximum Gasteiger partial charge on any atom is 0.261 e. The van der Waals surface area contributed by atoms with E-state index in [-0.39, 0.29) is 30.7 Å². The molecule has 2 aliphatic rings. The van der Waals surface area contributed by atoms with Crippen LogP contribution in [0.15, 0.2) is 24.3 Å². The van der Waals surface area contributed by atoms with Crippen LogP contribution in [0.3, 0.4) is 0 Å². The van der Waals surface area contributed by atoms with E-state index in [9.17, 15) is 14.4 Å². The molecule has 2 aliphatic heterocycles. The Morgan fingerprint density at radius 1 is 1.23 bits per heavy atom. The van der Waals surface area contributed by atoms with Crippen LogP contribution in [-0.4, -0.2) is 52.6 Å². The Hall–Kier alpha value is -2.58. The van der Waals surface area contributed by atoms with Gasteiger partial charge >= 0.3 is 0 Å². The average Bonchev–Trinajstić information content (AvgIpc) is 3.12. The topological polar surface area (TPSA) is 82.6 Å². The molecule has 26 heavy (non-hydrogen) atoms. The summed E-state index contributed by atoms with van der Waals surface area (Å²) in [4.78, 5) is 45.8. The number of amides is 3. The summed E-state index contributed by atoms with van der Waals surface area (Å²) in [5.41, 5.74) is 1.84. The number of nitrogens with zero attached hydrogens (tertiary/aromatic N) is 3. The number of hydrogen-bond donors (Lipinski definition) is 1. The number of aromatic nitrogens is 1. The lowest BCUT2D eigenvalue weighted by Gasteiger charge is -2.20. The van der Waals surface area contributed by atoms with Crippen LogP contribution >= 0.6 is 11.3 Å². The second kappa shape index (κ2) is 6.62. The van der Waals surface area contributed by atoms with E-state index in [0.717, 1.165) is 30.1 Å². The molecule has 3 amide bonds. The largest absolute Gasteiger partial charge is 0.302 e. The summed E-state index contributed by atoms with van der Waals surface area (Å²) in [6, 6.07) is 6.71. The van der Waals surface area contributed by atoms with Gasteiger partial charge in [-0.1, -0.05) is 12.1 Å². The Balaban J connectivity index is 1.37. The molecule has 1 N–H and O–H groups in total. The number of anilines is 1. The minimum Gasteiger partial charge on any atom is -0.302 e. The Labute approximate surface area is 154 Å². The van der Waals surface area contributed by atoms with Gasteiger partial charge in [-0.25, -0.2) is 4.98 Å². The Kier molecular flexibility index (Phi) is 4.29. The average molecular weight is 370 g/mol. The zero-order chi connectivity index (χ0) is 18.3. The number of thiazole rings is 1. The molecule has 0 spiro atoms. The summed E-state index contributed by atoms with van der Waals surface area (Å²) in [7, 11) is 2.06. The lowest BCUT2D eigenvalue weighted by molar-refractivity contribution is -0.116. The van der Waals surface area contributed by atoms with Crippen LogP contribution in [0, 0.1) is 0 Å². The molecule has 0 saturated heterocycles. The van der Waals surface area contributed by atoms with Crippen molar-refractivity contribution in [1.82, 2.24) is 14.8 Å². The number of nitrogens with one attached hydrogen (secondary N) is 1. The zero-order valence-electron chi connectivity index (χ0n) is 14.3. The van der Waals surface area contributed by atoms with Gasteiger partial charge in [-0.05, 0) is 19.2 Å². The van der Waals surface area contributed by atoms with Crippen molar-refractivity contribution in [2.75, 3.05) is 25.5 Å². The number of carbonyl (C=O) groups excluding carboxylic acids is 3. The van der Waals surface area contributed by atoms with Crippen LogP contribution in [-0.2, 0) is 17.8 Å². The Morgan fingerprint density at radius 3 is 2.62 bits per heavy atom. The van der Waals surface area contributed by atoms with Crippen molar-refractivity contribution in [3.05, 3.63) is 46.0 Å². The molecule has 1 aromatic carbocycles. The number of carbonyl (C=O) groups is 3. The zero-order valence-corrected chi connectivity index (χ0v) is 15.1. The first-order valence-corrected chi connectivity index (χ1v) is 9.27. The van der Waals surface area contributed by atoms with E-state index in [2.05, 4.69) is 22.2 Å². The molecule has 3 heterocycles. The van der Waals surface area contributed by atoms with Gasteiger partial charge in [0.25, 0.3) is 11.8 Å². The standard InChI is InChI=1S/C18H18N4O3S/c1-21-8-6-13-14(10-21)26-18(19-13)20-15(23)7-9-22-16(24)11-4-2-3-5-12(11)17(22)25/h2-5H,6-10H2,1H3,(H,19,20,23). The number of rotatable bonds is 4. The lowest BCUT2D eigenvalue weighted by atomic mass is 10.1. The molecule has 7 nitrogen and oxygen atoms in total. The van der Waals surface area contributed by atoms with Gasteiger partial charge in [0.2, 0.25) is 5.91 Å². The summed E-state index contributed by atoms with van der Waals surface area (Å²) >= 11 is 1.48. The second-order valence-corrected chi connectivity index (χ2v) is 7.57. The molecule has 0 unspecified atom stereocenters. The maximum absolute atomic E-state index is 12.3. The number of likely N-dealkylation sites (N-methyl/N-ethyl adjacent to an activating group) is 1. The highest BCUT2D eigenvalue weighted by Gasteiger charge is 2.35. The minimum absolute atomic E-state index is 0.0512. The van der Waals surface area contributed by atoms with Crippen LogP contribution in [0.2, 0.25) is 0 Å². The third kappa shape index (κ3) is 3.02. The molecule has 0 fully saturated rings. The fraction of sp³-hybridized carbons (Fsp3) is 0.333. The summed E-state index contributed by atoms with van der Waals surface area (Å²) in [6.45, 7) is 1.87. The highest BCUT2D eigenvalue weighted by molar-refractivity contribution is 7.15. The van der Waals surface area contributed by atoms with Gasteiger partial charge in [0, 0.05) is 37.4 Å². The minimum atomic E-state index is -0.342. The monoisotopic (exact) mass is 370 g/mol.